The van der Waals surface area contributed by atoms with Crippen LogP contribution in [0.3, 0.4) is 0 Å². The Morgan fingerprint density at radius 2 is 1.83 bits per heavy atom. The zero-order valence-corrected chi connectivity index (χ0v) is 15.0. The van der Waals surface area contributed by atoms with Gasteiger partial charge in [0.2, 0.25) is 10.0 Å². The van der Waals surface area contributed by atoms with E-state index in [0.717, 1.165) is 0 Å². The van der Waals surface area contributed by atoms with E-state index in [0.29, 0.717) is 24.4 Å². The van der Waals surface area contributed by atoms with E-state index in [1.54, 1.807) is 31.4 Å². The Balaban J connectivity index is 1.86. The van der Waals surface area contributed by atoms with Gasteiger partial charge in [0.05, 0.1) is 25.1 Å². The van der Waals surface area contributed by atoms with Gasteiger partial charge < -0.3 is 14.8 Å². The van der Waals surface area contributed by atoms with Crippen LogP contribution < -0.4 is 10.1 Å². The summed E-state index contributed by atoms with van der Waals surface area (Å²) in [7, 11) is -1.87. The van der Waals surface area contributed by atoms with Gasteiger partial charge in [-0.25, -0.2) is 8.42 Å². The van der Waals surface area contributed by atoms with Gasteiger partial charge in [0.25, 0.3) is 5.91 Å². The second kappa shape index (κ2) is 7.96. The lowest BCUT2D eigenvalue weighted by atomic mass is 10.2. The second-order valence-electron chi connectivity index (χ2n) is 5.87. The maximum absolute atomic E-state index is 12.4. The summed E-state index contributed by atoms with van der Waals surface area (Å²) in [5.41, 5.74) is 0.460. The van der Waals surface area contributed by atoms with Crippen molar-refractivity contribution in [1.82, 2.24) is 9.62 Å². The van der Waals surface area contributed by atoms with E-state index in [1.807, 2.05) is 13.8 Å². The first-order valence-corrected chi connectivity index (χ1v) is 9.48. The van der Waals surface area contributed by atoms with Crippen LogP contribution in [0.2, 0.25) is 0 Å². The molecule has 0 unspecified atom stereocenters. The lowest BCUT2D eigenvalue weighted by Gasteiger charge is -2.34. The van der Waals surface area contributed by atoms with Crippen LogP contribution in [0.1, 0.15) is 24.2 Å². The highest BCUT2D eigenvalue weighted by molar-refractivity contribution is 7.89. The topological polar surface area (TPSA) is 84.9 Å². The number of hydrogen-bond donors (Lipinski definition) is 1. The van der Waals surface area contributed by atoms with Crippen molar-refractivity contribution in [3.8, 4) is 5.75 Å². The largest absolute Gasteiger partial charge is 0.497 e. The summed E-state index contributed by atoms with van der Waals surface area (Å²) < 4.78 is 36.8. The molecule has 0 bridgehead atoms. The van der Waals surface area contributed by atoms with E-state index in [1.165, 1.54) is 4.31 Å². The van der Waals surface area contributed by atoms with Crippen LogP contribution in [0.4, 0.5) is 0 Å². The van der Waals surface area contributed by atoms with Crippen LogP contribution in [0.15, 0.2) is 24.3 Å². The molecule has 24 heavy (non-hydrogen) atoms. The monoisotopic (exact) mass is 356 g/mol. The Morgan fingerprint density at radius 1 is 1.25 bits per heavy atom. The highest BCUT2D eigenvalue weighted by Crippen LogP contribution is 2.15. The van der Waals surface area contributed by atoms with Crippen molar-refractivity contribution in [2.75, 3.05) is 32.5 Å². The van der Waals surface area contributed by atoms with Gasteiger partial charge in [0.15, 0.2) is 0 Å². The molecule has 0 aromatic heterocycles. The number of rotatable bonds is 6. The molecule has 1 aliphatic heterocycles. The maximum Gasteiger partial charge on any atom is 0.251 e. The predicted octanol–water partition coefficient (Wildman–Crippen LogP) is 0.864. The Labute approximate surface area is 143 Å². The Hall–Kier alpha value is -1.64. The normalized spacial score (nSPS) is 22.1. The molecular formula is C16H24N2O5S. The molecule has 1 saturated heterocycles. The predicted molar refractivity (Wildman–Crippen MR) is 90.7 cm³/mol. The van der Waals surface area contributed by atoms with Gasteiger partial charge in [-0.15, -0.1) is 0 Å². The molecule has 1 amide bonds. The quantitative estimate of drug-likeness (QED) is 0.817. The van der Waals surface area contributed by atoms with Crippen LogP contribution in [-0.4, -0.2) is 63.3 Å². The van der Waals surface area contributed by atoms with Gasteiger partial charge in [-0.05, 0) is 38.1 Å². The van der Waals surface area contributed by atoms with Gasteiger partial charge in [-0.2, -0.15) is 4.31 Å². The van der Waals surface area contributed by atoms with Crippen molar-refractivity contribution in [1.29, 1.82) is 0 Å². The second-order valence-corrected chi connectivity index (χ2v) is 7.96. The first-order chi connectivity index (χ1) is 11.3. The molecule has 1 aromatic carbocycles. The average Bonchev–Trinajstić information content (AvgIpc) is 2.53. The summed E-state index contributed by atoms with van der Waals surface area (Å²) >= 11 is 0. The summed E-state index contributed by atoms with van der Waals surface area (Å²) in [6.45, 7) is 4.46. The van der Waals surface area contributed by atoms with Crippen LogP contribution in [0, 0.1) is 0 Å². The molecule has 1 fully saturated rings. The first-order valence-electron chi connectivity index (χ1n) is 7.87. The van der Waals surface area contributed by atoms with Crippen molar-refractivity contribution in [3.63, 3.8) is 0 Å². The molecule has 0 spiro atoms. The highest BCUT2D eigenvalue weighted by Gasteiger charge is 2.30. The van der Waals surface area contributed by atoms with Crippen molar-refractivity contribution >= 4 is 15.9 Å². The van der Waals surface area contributed by atoms with E-state index >= 15 is 0 Å². The summed E-state index contributed by atoms with van der Waals surface area (Å²) in [5.74, 6) is 0.218. The number of hydrogen-bond acceptors (Lipinski definition) is 5. The number of sulfonamides is 1. The number of benzene rings is 1. The van der Waals surface area contributed by atoms with Crippen molar-refractivity contribution in [2.45, 2.75) is 26.1 Å². The van der Waals surface area contributed by atoms with Crippen LogP contribution in [0.5, 0.6) is 5.75 Å². The van der Waals surface area contributed by atoms with Crippen LogP contribution in [-0.2, 0) is 14.8 Å². The number of carbonyl (C=O) groups is 1. The van der Waals surface area contributed by atoms with Gasteiger partial charge >= 0.3 is 0 Å². The first kappa shape index (κ1) is 18.7. The number of morpholine rings is 1. The molecule has 0 radical (unpaired) electrons. The van der Waals surface area contributed by atoms with Crippen molar-refractivity contribution in [3.05, 3.63) is 29.8 Å². The number of methoxy groups -OCH3 is 1. The smallest absolute Gasteiger partial charge is 0.251 e. The van der Waals surface area contributed by atoms with Crippen molar-refractivity contribution < 1.29 is 22.7 Å². The fourth-order valence-corrected chi connectivity index (χ4v) is 4.12. The van der Waals surface area contributed by atoms with E-state index in [2.05, 4.69) is 5.32 Å². The zero-order valence-electron chi connectivity index (χ0n) is 14.2. The molecular weight excluding hydrogens is 332 g/mol. The van der Waals surface area contributed by atoms with Gasteiger partial charge in [0, 0.05) is 25.2 Å². The standard InChI is InChI=1S/C16H24N2O5S/c1-12-10-18(11-13(2)23-12)24(20,21)9-8-17-16(19)14-4-6-15(22-3)7-5-14/h4-7,12-13H,8-11H2,1-3H3,(H,17,19)/t12-,13-/m1/s1. The molecule has 2 rings (SSSR count). The highest BCUT2D eigenvalue weighted by atomic mass is 32.2. The number of carbonyl (C=O) groups excluding carboxylic acids is 1. The molecule has 0 aliphatic carbocycles. The van der Waals surface area contributed by atoms with Crippen LogP contribution >= 0.6 is 0 Å². The summed E-state index contributed by atoms with van der Waals surface area (Å²) in [5, 5.41) is 2.64. The molecule has 1 aliphatic rings. The summed E-state index contributed by atoms with van der Waals surface area (Å²) in [6.07, 6.45) is -0.255. The van der Waals surface area contributed by atoms with Gasteiger partial charge in [-0.1, -0.05) is 0 Å². The lowest BCUT2D eigenvalue weighted by Crippen LogP contribution is -2.49. The third-order valence-corrected chi connectivity index (χ3v) is 5.58. The SMILES string of the molecule is COc1ccc(C(=O)NCCS(=O)(=O)N2C[C@@H](C)O[C@H](C)C2)cc1. The summed E-state index contributed by atoms with van der Waals surface area (Å²) in [6, 6.07) is 6.63. The number of amides is 1. The number of nitrogens with one attached hydrogen (secondary N) is 1. The number of ether oxygens (including phenoxy) is 2. The van der Waals surface area contributed by atoms with Crippen LogP contribution in [0.25, 0.3) is 0 Å². The van der Waals surface area contributed by atoms with Gasteiger partial charge in [-0.3, -0.25) is 4.79 Å². The average molecular weight is 356 g/mol. The van der Waals surface area contributed by atoms with E-state index in [9.17, 15) is 13.2 Å². The Kier molecular flexibility index (Phi) is 6.20. The molecule has 134 valence electrons. The minimum absolute atomic E-state index is 0.0628. The third kappa shape index (κ3) is 4.93. The molecule has 0 saturated carbocycles. The third-order valence-electron chi connectivity index (χ3n) is 3.78. The van der Waals surface area contributed by atoms with Crippen molar-refractivity contribution in [2.24, 2.45) is 0 Å². The Morgan fingerprint density at radius 3 is 2.38 bits per heavy atom. The molecule has 1 heterocycles. The van der Waals surface area contributed by atoms with E-state index in [4.69, 9.17) is 9.47 Å². The van der Waals surface area contributed by atoms with E-state index in [-0.39, 0.29) is 30.4 Å². The fraction of sp³-hybridized carbons (Fsp3) is 0.562. The molecule has 2 atom stereocenters. The fourth-order valence-electron chi connectivity index (χ4n) is 2.62. The molecule has 7 nitrogen and oxygen atoms in total. The van der Waals surface area contributed by atoms with E-state index < -0.39 is 10.0 Å². The summed E-state index contributed by atoms with van der Waals surface area (Å²) in [4.78, 5) is 12.0. The zero-order chi connectivity index (χ0) is 17.7. The number of nitrogens with zero attached hydrogens (tertiary/aromatic N) is 1. The molecule has 1 N–H and O–H groups in total. The lowest BCUT2D eigenvalue weighted by molar-refractivity contribution is -0.0440. The minimum Gasteiger partial charge on any atom is -0.497 e. The van der Waals surface area contributed by atoms with Gasteiger partial charge in [0.1, 0.15) is 5.75 Å². The molecule has 1 aromatic rings. The maximum atomic E-state index is 12.4. The Bertz CT molecular complexity index is 650. The molecule has 8 heteroatoms. The minimum atomic E-state index is -3.42.